The van der Waals surface area contributed by atoms with Gasteiger partial charge in [0.2, 0.25) is 20.0 Å². The Bertz CT molecular complexity index is 1540. The monoisotopic (exact) mass is 650 g/mol. The third-order valence-corrected chi connectivity index (χ3v) is 11.8. The number of benzene rings is 2. The van der Waals surface area contributed by atoms with Crippen molar-refractivity contribution in [2.75, 3.05) is 51.7 Å². The third-order valence-electron chi connectivity index (χ3n) is 7.75. The highest BCUT2D eigenvalue weighted by atomic mass is 35.5. The van der Waals surface area contributed by atoms with Gasteiger partial charge in [-0.25, -0.2) is 31.1 Å². The summed E-state index contributed by atoms with van der Waals surface area (Å²) in [4.78, 5) is 14.2. The van der Waals surface area contributed by atoms with Crippen molar-refractivity contribution in [3.63, 3.8) is 0 Å². The largest absolute Gasteiger partial charge is 0.451 e. The smallest absolute Gasteiger partial charge is 0.266 e. The third kappa shape index (κ3) is 5.86. The minimum atomic E-state index is -4.79. The van der Waals surface area contributed by atoms with Crippen LogP contribution in [0.2, 0.25) is 5.02 Å². The van der Waals surface area contributed by atoms with Crippen molar-refractivity contribution in [3.05, 3.63) is 53.1 Å². The summed E-state index contributed by atoms with van der Waals surface area (Å²) in [6.45, 7) is 1.46. The number of hydroxylamine groups is 1. The molecule has 12 nitrogen and oxygen atoms in total. The molecule has 17 heteroatoms. The summed E-state index contributed by atoms with van der Waals surface area (Å²) in [5.74, 6) is -4.85. The summed E-state index contributed by atoms with van der Waals surface area (Å²) in [6, 6.07) is 5.73. The predicted octanol–water partition coefficient (Wildman–Crippen LogP) is 1.79. The maximum absolute atomic E-state index is 15.1. The summed E-state index contributed by atoms with van der Waals surface area (Å²) < 4.78 is 96.8. The lowest BCUT2D eigenvalue weighted by Crippen LogP contribution is -2.69. The first kappa shape index (κ1) is 31.0. The van der Waals surface area contributed by atoms with Crippen molar-refractivity contribution in [1.29, 1.82) is 0 Å². The van der Waals surface area contributed by atoms with Crippen LogP contribution in [0.25, 0.3) is 0 Å². The van der Waals surface area contributed by atoms with E-state index in [0.29, 0.717) is 43.5 Å². The fourth-order valence-corrected chi connectivity index (χ4v) is 9.30. The minimum absolute atomic E-state index is 0.0513. The highest BCUT2D eigenvalue weighted by Gasteiger charge is 2.62. The number of sulfonamides is 2. The van der Waals surface area contributed by atoms with Crippen molar-refractivity contribution in [2.24, 2.45) is 0 Å². The zero-order valence-corrected chi connectivity index (χ0v) is 24.6. The maximum atomic E-state index is 15.1. The minimum Gasteiger partial charge on any atom is -0.451 e. The van der Waals surface area contributed by atoms with E-state index in [0.717, 1.165) is 8.61 Å². The Kier molecular flexibility index (Phi) is 8.80. The molecule has 3 fully saturated rings. The van der Waals surface area contributed by atoms with Gasteiger partial charge in [-0.3, -0.25) is 14.9 Å². The number of piperazine rings is 1. The molecule has 0 spiro atoms. The number of fused-ring (bicyclic) bond motifs is 2. The molecular formula is C25H29ClF2N4O8S2. The summed E-state index contributed by atoms with van der Waals surface area (Å²) in [7, 11) is -8.74. The van der Waals surface area contributed by atoms with Gasteiger partial charge in [0.05, 0.1) is 23.9 Å². The first-order valence-corrected chi connectivity index (χ1v) is 16.5. The number of hydrogen-bond acceptors (Lipinski definition) is 9. The Morgan fingerprint density at radius 3 is 2.38 bits per heavy atom. The second kappa shape index (κ2) is 11.9. The van der Waals surface area contributed by atoms with Crippen LogP contribution < -0.4 is 10.2 Å². The van der Waals surface area contributed by atoms with E-state index in [1.807, 2.05) is 4.90 Å². The number of carbonyl (C=O) groups is 1. The van der Waals surface area contributed by atoms with Crippen LogP contribution in [0.15, 0.2) is 41.3 Å². The molecule has 2 aromatic carbocycles. The topological polar surface area (TPSA) is 146 Å². The number of hydrogen-bond donors (Lipinski definition) is 2. The number of nitrogens with zero attached hydrogens (tertiary/aromatic N) is 3. The van der Waals surface area contributed by atoms with Crippen molar-refractivity contribution in [3.8, 4) is 11.5 Å². The number of halogens is 3. The van der Waals surface area contributed by atoms with E-state index in [4.69, 9.17) is 21.1 Å². The molecule has 0 saturated carbocycles. The fraction of sp³-hybridized carbons (Fsp3) is 0.480. The van der Waals surface area contributed by atoms with Gasteiger partial charge < -0.3 is 9.47 Å². The molecule has 3 heterocycles. The van der Waals surface area contributed by atoms with E-state index in [9.17, 15) is 26.8 Å². The van der Waals surface area contributed by atoms with Gasteiger partial charge in [0, 0.05) is 43.8 Å². The molecule has 2 N–H and O–H groups in total. The molecule has 230 valence electrons. The first-order valence-electron chi connectivity index (χ1n) is 13.1. The van der Waals surface area contributed by atoms with Crippen molar-refractivity contribution < 1.29 is 45.1 Å². The molecule has 2 aromatic rings. The van der Waals surface area contributed by atoms with E-state index in [2.05, 4.69) is 0 Å². The van der Waals surface area contributed by atoms with Gasteiger partial charge >= 0.3 is 0 Å². The molecule has 3 saturated heterocycles. The van der Waals surface area contributed by atoms with Crippen LogP contribution in [0.3, 0.4) is 0 Å². The van der Waals surface area contributed by atoms with Crippen molar-refractivity contribution in [2.45, 2.75) is 29.3 Å². The molecule has 5 rings (SSSR count). The molecule has 2 bridgehead atoms. The van der Waals surface area contributed by atoms with Gasteiger partial charge in [0.15, 0.2) is 17.4 Å². The zero-order chi connectivity index (χ0) is 30.3. The van der Waals surface area contributed by atoms with Crippen LogP contribution in [0.4, 0.5) is 8.78 Å². The van der Waals surface area contributed by atoms with Crippen LogP contribution in [0.5, 0.6) is 11.5 Å². The van der Waals surface area contributed by atoms with Crippen LogP contribution in [-0.4, -0.2) is 105 Å². The van der Waals surface area contributed by atoms with E-state index in [1.165, 1.54) is 29.7 Å². The lowest BCUT2D eigenvalue weighted by molar-refractivity contribution is -0.140. The Labute approximate surface area is 246 Å². The summed E-state index contributed by atoms with van der Waals surface area (Å²) in [5.41, 5.74) is -0.588. The predicted molar refractivity (Wildman–Crippen MR) is 145 cm³/mol. The SMILES string of the molecule is O=C(NO)C12CCC(CN(S(=O)(=O)CCN3CCOCC3)C1)N2S(=O)(=O)c1cc(F)c(Oc2ccc(Cl)cc2)c(F)c1. The summed E-state index contributed by atoms with van der Waals surface area (Å²) >= 11 is 5.81. The lowest BCUT2D eigenvalue weighted by Gasteiger charge is -2.45. The van der Waals surface area contributed by atoms with Gasteiger partial charge in [-0.05, 0) is 49.2 Å². The van der Waals surface area contributed by atoms with Gasteiger partial charge in [-0.1, -0.05) is 11.6 Å². The first-order chi connectivity index (χ1) is 19.9. The molecular weight excluding hydrogens is 622 g/mol. The van der Waals surface area contributed by atoms with Crippen LogP contribution in [0, 0.1) is 11.6 Å². The molecule has 2 atom stereocenters. The lowest BCUT2D eigenvalue weighted by atomic mass is 9.97. The average molecular weight is 651 g/mol. The second-order valence-electron chi connectivity index (χ2n) is 10.3. The van der Waals surface area contributed by atoms with Crippen molar-refractivity contribution >= 4 is 37.6 Å². The van der Waals surface area contributed by atoms with E-state index in [1.54, 1.807) is 0 Å². The quantitative estimate of drug-likeness (QED) is 0.306. The van der Waals surface area contributed by atoms with Crippen LogP contribution in [-0.2, 0) is 29.6 Å². The summed E-state index contributed by atoms with van der Waals surface area (Å²) in [5, 5.41) is 9.91. The van der Waals surface area contributed by atoms with E-state index in [-0.39, 0.29) is 37.4 Å². The van der Waals surface area contributed by atoms with E-state index < -0.39 is 66.4 Å². The number of rotatable bonds is 9. The molecule has 2 unspecified atom stereocenters. The molecule has 42 heavy (non-hydrogen) atoms. The standard InChI is InChI=1S/C25H29ClF2N4O8S2/c26-17-1-3-19(4-2-17)40-23-21(27)13-20(14-22(23)28)42(37,38)32-18-5-6-25(32,24(33)29-34)16-31(15-18)41(35,36)12-9-30-7-10-39-11-8-30/h1-4,13-14,18,34H,5-12,15-16H2,(H,29,33). The highest BCUT2D eigenvalue weighted by molar-refractivity contribution is 7.89. The van der Waals surface area contributed by atoms with Crippen LogP contribution >= 0.6 is 11.6 Å². The molecule has 3 aliphatic rings. The molecule has 3 aliphatic heterocycles. The number of morpholine rings is 1. The van der Waals surface area contributed by atoms with Gasteiger partial charge in [-0.2, -0.15) is 8.61 Å². The zero-order valence-electron chi connectivity index (χ0n) is 22.2. The molecule has 0 aliphatic carbocycles. The number of nitrogens with one attached hydrogen (secondary N) is 1. The molecule has 1 amide bonds. The Morgan fingerprint density at radius 1 is 1.12 bits per heavy atom. The van der Waals surface area contributed by atoms with Gasteiger partial charge in [0.1, 0.15) is 11.3 Å². The Balaban J connectivity index is 1.42. The maximum Gasteiger partial charge on any atom is 0.266 e. The Morgan fingerprint density at radius 2 is 1.76 bits per heavy atom. The molecule has 0 aromatic heterocycles. The Hall–Kier alpha value is -2.44. The van der Waals surface area contributed by atoms with E-state index >= 15 is 8.78 Å². The highest BCUT2D eigenvalue weighted by Crippen LogP contribution is 2.44. The second-order valence-corrected chi connectivity index (χ2v) is 14.6. The average Bonchev–Trinajstić information content (AvgIpc) is 3.22. The molecule has 0 radical (unpaired) electrons. The number of ether oxygens (including phenoxy) is 2. The van der Waals surface area contributed by atoms with Gasteiger partial charge in [0.25, 0.3) is 5.91 Å². The number of amides is 1. The normalized spacial score (nSPS) is 24.0. The van der Waals surface area contributed by atoms with Gasteiger partial charge in [-0.15, -0.1) is 0 Å². The summed E-state index contributed by atoms with van der Waals surface area (Å²) in [6.07, 6.45) is -0.0492. The van der Waals surface area contributed by atoms with Crippen molar-refractivity contribution in [1.82, 2.24) is 19.0 Å². The fourth-order valence-electron chi connectivity index (χ4n) is 5.63. The number of carbonyl (C=O) groups excluding carboxylic acids is 1. The van der Waals surface area contributed by atoms with Crippen LogP contribution in [0.1, 0.15) is 12.8 Å².